The minimum atomic E-state index is -1.08. The van der Waals surface area contributed by atoms with Crippen molar-refractivity contribution in [2.45, 2.75) is 20.4 Å². The fraction of sp³-hybridized carbons (Fsp3) is 0.188. The fourth-order valence-corrected chi connectivity index (χ4v) is 2.18. The van der Waals surface area contributed by atoms with E-state index in [0.29, 0.717) is 11.3 Å². The molecular formula is C16H13F2N3O2. The maximum atomic E-state index is 13.1. The third-order valence-electron chi connectivity index (χ3n) is 3.32. The lowest BCUT2D eigenvalue weighted by Gasteiger charge is -2.12. The minimum Gasteiger partial charge on any atom is -0.324 e. The summed E-state index contributed by atoms with van der Waals surface area (Å²) in [6.07, 6.45) is 0. The Morgan fingerprint density at radius 1 is 1.26 bits per heavy atom. The first-order chi connectivity index (χ1) is 10.8. The average molecular weight is 317 g/mol. The third-order valence-corrected chi connectivity index (χ3v) is 3.32. The van der Waals surface area contributed by atoms with Crippen molar-refractivity contribution in [1.82, 2.24) is 4.57 Å². The van der Waals surface area contributed by atoms with Gasteiger partial charge in [0.15, 0.2) is 11.6 Å². The van der Waals surface area contributed by atoms with Gasteiger partial charge < -0.3 is 9.88 Å². The number of aryl methyl sites for hydroxylation is 2. The molecule has 0 aliphatic rings. The van der Waals surface area contributed by atoms with Gasteiger partial charge in [-0.3, -0.25) is 9.59 Å². The van der Waals surface area contributed by atoms with E-state index in [0.717, 1.165) is 16.7 Å². The molecule has 1 aromatic heterocycles. The van der Waals surface area contributed by atoms with Crippen molar-refractivity contribution in [3.05, 3.63) is 63.1 Å². The van der Waals surface area contributed by atoms with E-state index in [1.807, 2.05) is 6.07 Å². The number of rotatable bonds is 3. The Labute approximate surface area is 130 Å². The molecular weight excluding hydrogens is 304 g/mol. The second kappa shape index (κ2) is 6.40. The van der Waals surface area contributed by atoms with Gasteiger partial charge in [-0.25, -0.2) is 8.78 Å². The van der Waals surface area contributed by atoms with Gasteiger partial charge in [0.25, 0.3) is 5.56 Å². The van der Waals surface area contributed by atoms with Gasteiger partial charge in [0, 0.05) is 17.4 Å². The number of anilines is 1. The molecule has 2 aromatic rings. The van der Waals surface area contributed by atoms with Gasteiger partial charge in [-0.1, -0.05) is 0 Å². The Bertz CT molecular complexity index is 882. The van der Waals surface area contributed by atoms with Crippen molar-refractivity contribution in [3.8, 4) is 6.07 Å². The number of pyridine rings is 1. The first kappa shape index (κ1) is 16.4. The first-order valence-corrected chi connectivity index (χ1v) is 6.69. The van der Waals surface area contributed by atoms with E-state index < -0.39 is 23.1 Å². The van der Waals surface area contributed by atoms with Crippen LogP contribution in [-0.4, -0.2) is 10.5 Å². The second-order valence-corrected chi connectivity index (χ2v) is 5.02. The van der Waals surface area contributed by atoms with E-state index in [-0.39, 0.29) is 17.8 Å². The van der Waals surface area contributed by atoms with Crippen LogP contribution in [0.5, 0.6) is 0 Å². The molecule has 118 valence electrons. The number of halogens is 2. The number of carbonyl (C=O) groups is 1. The molecule has 1 N–H and O–H groups in total. The zero-order chi connectivity index (χ0) is 17.1. The van der Waals surface area contributed by atoms with Gasteiger partial charge in [0.2, 0.25) is 5.91 Å². The molecule has 0 aliphatic carbocycles. The summed E-state index contributed by atoms with van der Waals surface area (Å²) in [5.74, 6) is -2.69. The second-order valence-electron chi connectivity index (χ2n) is 5.02. The molecule has 0 spiro atoms. The monoisotopic (exact) mass is 317 g/mol. The van der Waals surface area contributed by atoms with Crippen LogP contribution in [0.2, 0.25) is 0 Å². The molecule has 0 aliphatic heterocycles. The number of nitrogens with zero attached hydrogens (tertiary/aromatic N) is 2. The van der Waals surface area contributed by atoms with E-state index in [1.54, 1.807) is 19.9 Å². The molecule has 0 atom stereocenters. The van der Waals surface area contributed by atoms with Crippen LogP contribution in [0.25, 0.3) is 0 Å². The van der Waals surface area contributed by atoms with E-state index >= 15 is 0 Å². The SMILES string of the molecule is Cc1cc(C)n(CC(=O)Nc2ccc(F)c(F)c2)c(=O)c1C#N. The Morgan fingerprint density at radius 3 is 2.57 bits per heavy atom. The zero-order valence-electron chi connectivity index (χ0n) is 12.5. The first-order valence-electron chi connectivity index (χ1n) is 6.69. The lowest BCUT2D eigenvalue weighted by molar-refractivity contribution is -0.116. The molecule has 7 heteroatoms. The van der Waals surface area contributed by atoms with Crippen molar-refractivity contribution in [3.63, 3.8) is 0 Å². The van der Waals surface area contributed by atoms with Crippen LogP contribution < -0.4 is 10.9 Å². The molecule has 2 rings (SSSR count). The van der Waals surface area contributed by atoms with Crippen LogP contribution in [0.3, 0.4) is 0 Å². The van der Waals surface area contributed by atoms with Crippen LogP contribution in [0.4, 0.5) is 14.5 Å². The summed E-state index contributed by atoms with van der Waals surface area (Å²) in [7, 11) is 0. The molecule has 0 radical (unpaired) electrons. The number of amides is 1. The molecule has 0 bridgehead atoms. The molecule has 0 saturated heterocycles. The van der Waals surface area contributed by atoms with Crippen molar-refractivity contribution >= 4 is 11.6 Å². The number of nitrogens with one attached hydrogen (secondary N) is 1. The summed E-state index contributed by atoms with van der Waals surface area (Å²) in [4.78, 5) is 24.2. The average Bonchev–Trinajstić information content (AvgIpc) is 2.47. The van der Waals surface area contributed by atoms with Gasteiger partial charge in [0.05, 0.1) is 0 Å². The highest BCUT2D eigenvalue weighted by Gasteiger charge is 2.13. The molecule has 23 heavy (non-hydrogen) atoms. The predicted molar refractivity (Wildman–Crippen MR) is 79.9 cm³/mol. The van der Waals surface area contributed by atoms with E-state index in [1.165, 1.54) is 6.07 Å². The van der Waals surface area contributed by atoms with Gasteiger partial charge in [0.1, 0.15) is 18.2 Å². The van der Waals surface area contributed by atoms with Crippen molar-refractivity contribution in [2.75, 3.05) is 5.32 Å². The van der Waals surface area contributed by atoms with Gasteiger partial charge in [-0.15, -0.1) is 0 Å². The van der Waals surface area contributed by atoms with Crippen LogP contribution >= 0.6 is 0 Å². The summed E-state index contributed by atoms with van der Waals surface area (Å²) in [6, 6.07) is 6.39. The third kappa shape index (κ3) is 3.43. The van der Waals surface area contributed by atoms with Gasteiger partial charge >= 0.3 is 0 Å². The Kier molecular flexibility index (Phi) is 4.55. The number of carbonyl (C=O) groups excluding carboxylic acids is 1. The van der Waals surface area contributed by atoms with Crippen molar-refractivity contribution in [2.24, 2.45) is 0 Å². The predicted octanol–water partition coefficient (Wildman–Crippen LogP) is 2.25. The molecule has 1 heterocycles. The topological polar surface area (TPSA) is 74.9 Å². The summed E-state index contributed by atoms with van der Waals surface area (Å²) in [6.45, 7) is 2.94. The smallest absolute Gasteiger partial charge is 0.269 e. The minimum absolute atomic E-state index is 0.0313. The highest BCUT2D eigenvalue weighted by molar-refractivity contribution is 5.90. The molecule has 5 nitrogen and oxygen atoms in total. The highest BCUT2D eigenvalue weighted by Crippen LogP contribution is 2.13. The van der Waals surface area contributed by atoms with Crippen molar-refractivity contribution < 1.29 is 13.6 Å². The Hall–Kier alpha value is -3.01. The number of aromatic nitrogens is 1. The standard InChI is InChI=1S/C16H13F2N3O2/c1-9-5-10(2)21(16(23)12(9)7-19)8-15(22)20-11-3-4-13(17)14(18)6-11/h3-6H,8H2,1-2H3,(H,20,22). The van der Waals surface area contributed by atoms with Crippen LogP contribution in [-0.2, 0) is 11.3 Å². The normalized spacial score (nSPS) is 10.2. The number of hydrogen-bond acceptors (Lipinski definition) is 3. The zero-order valence-corrected chi connectivity index (χ0v) is 12.5. The molecule has 0 unspecified atom stereocenters. The fourth-order valence-electron chi connectivity index (χ4n) is 2.18. The molecule has 1 aromatic carbocycles. The summed E-state index contributed by atoms with van der Waals surface area (Å²) >= 11 is 0. The lowest BCUT2D eigenvalue weighted by atomic mass is 10.1. The number of nitriles is 1. The summed E-state index contributed by atoms with van der Waals surface area (Å²) in [5, 5.41) is 11.4. The Balaban J connectivity index is 2.26. The molecule has 0 saturated carbocycles. The number of benzene rings is 1. The van der Waals surface area contributed by atoms with Crippen molar-refractivity contribution in [1.29, 1.82) is 5.26 Å². The molecule has 1 amide bonds. The van der Waals surface area contributed by atoms with Crippen LogP contribution in [0, 0.1) is 36.8 Å². The van der Waals surface area contributed by atoms with Crippen LogP contribution in [0.1, 0.15) is 16.8 Å². The van der Waals surface area contributed by atoms with E-state index in [9.17, 15) is 18.4 Å². The quantitative estimate of drug-likeness (QED) is 0.943. The summed E-state index contributed by atoms with van der Waals surface area (Å²) in [5.41, 5.74) is 0.535. The lowest BCUT2D eigenvalue weighted by Crippen LogP contribution is -2.31. The van der Waals surface area contributed by atoms with E-state index in [4.69, 9.17) is 5.26 Å². The maximum Gasteiger partial charge on any atom is 0.269 e. The largest absolute Gasteiger partial charge is 0.324 e. The van der Waals surface area contributed by atoms with E-state index in [2.05, 4.69) is 5.32 Å². The maximum absolute atomic E-state index is 13.1. The van der Waals surface area contributed by atoms with Gasteiger partial charge in [-0.05, 0) is 37.6 Å². The number of hydrogen-bond donors (Lipinski definition) is 1. The summed E-state index contributed by atoms with van der Waals surface area (Å²) < 4.78 is 27.1. The Morgan fingerprint density at radius 2 is 1.96 bits per heavy atom. The molecule has 0 fully saturated rings. The van der Waals surface area contributed by atoms with Crippen LogP contribution in [0.15, 0.2) is 29.1 Å². The van der Waals surface area contributed by atoms with Gasteiger partial charge in [-0.2, -0.15) is 5.26 Å². The highest BCUT2D eigenvalue weighted by atomic mass is 19.2.